The second-order valence-electron chi connectivity index (χ2n) is 5.67. The van der Waals surface area contributed by atoms with E-state index in [9.17, 15) is 4.79 Å². The zero-order chi connectivity index (χ0) is 18.5. The van der Waals surface area contributed by atoms with Crippen LogP contribution in [0, 0.1) is 13.8 Å². The highest BCUT2D eigenvalue weighted by Crippen LogP contribution is 2.32. The maximum atomic E-state index is 12.2. The van der Waals surface area contributed by atoms with Gasteiger partial charge >= 0.3 is 0 Å². The Morgan fingerprint density at radius 3 is 2.65 bits per heavy atom. The lowest BCUT2D eigenvalue weighted by molar-refractivity contribution is -0.111. The molecule has 0 bridgehead atoms. The third kappa shape index (κ3) is 4.94. The van der Waals surface area contributed by atoms with E-state index in [-0.39, 0.29) is 5.91 Å². The molecule has 1 heterocycles. The number of carbonyl (C=O) groups excluding carboxylic acids is 1. The van der Waals surface area contributed by atoms with Gasteiger partial charge in [0.15, 0.2) is 5.75 Å². The van der Waals surface area contributed by atoms with Crippen LogP contribution in [0.4, 0.5) is 5.69 Å². The molecule has 0 radical (unpaired) electrons. The highest BCUT2D eigenvalue weighted by Gasteiger charge is 2.09. The highest BCUT2D eigenvalue weighted by atomic mass is 35.5. The van der Waals surface area contributed by atoms with Crippen LogP contribution in [0.15, 0.2) is 53.9 Å². The van der Waals surface area contributed by atoms with Crippen molar-refractivity contribution in [3.63, 3.8) is 0 Å². The molecule has 0 spiro atoms. The molecule has 1 aromatic heterocycles. The summed E-state index contributed by atoms with van der Waals surface area (Å²) < 4.78 is 5.88. The Hall–Kier alpha value is -2.63. The maximum Gasteiger partial charge on any atom is 0.248 e. The molecule has 0 atom stereocenters. The number of ether oxygens (including phenoxy) is 1. The van der Waals surface area contributed by atoms with Gasteiger partial charge < -0.3 is 10.1 Å². The van der Waals surface area contributed by atoms with Gasteiger partial charge in [0.25, 0.3) is 0 Å². The lowest BCUT2D eigenvalue weighted by atomic mass is 10.2. The Labute approximate surface area is 161 Å². The quantitative estimate of drug-likeness (QED) is 0.560. The van der Waals surface area contributed by atoms with Crippen LogP contribution in [0.5, 0.6) is 11.5 Å². The number of carbonyl (C=O) groups is 1. The topological polar surface area (TPSA) is 51.2 Å². The van der Waals surface area contributed by atoms with Gasteiger partial charge in [-0.1, -0.05) is 29.3 Å². The number of aromatic nitrogens is 1. The molecule has 0 fully saturated rings. The number of nitrogens with one attached hydrogen (secondary N) is 1. The fraction of sp³-hybridized carbons (Fsp3) is 0.100. The summed E-state index contributed by atoms with van der Waals surface area (Å²) in [4.78, 5) is 16.5. The van der Waals surface area contributed by atoms with E-state index < -0.39 is 0 Å². The first kappa shape index (κ1) is 18.2. The zero-order valence-corrected chi connectivity index (χ0v) is 15.9. The zero-order valence-electron chi connectivity index (χ0n) is 14.3. The van der Waals surface area contributed by atoms with Gasteiger partial charge in [-0.2, -0.15) is 0 Å². The Balaban J connectivity index is 1.75. The molecule has 132 valence electrons. The number of aryl methyl sites for hydroxylation is 2. The van der Waals surface area contributed by atoms with E-state index in [1.807, 2.05) is 43.5 Å². The minimum Gasteiger partial charge on any atom is -0.455 e. The first-order chi connectivity index (χ1) is 12.5. The SMILES string of the molecule is Cc1ccc(Oc2ccc(Cl)cc2NC(=O)/C=C/c2csc(C)n2)cc1. The minimum absolute atomic E-state index is 0.285. The predicted octanol–water partition coefficient (Wildman–Crippen LogP) is 5.86. The Morgan fingerprint density at radius 1 is 1.19 bits per heavy atom. The van der Waals surface area contributed by atoms with Crippen molar-refractivity contribution in [2.75, 3.05) is 5.32 Å². The number of anilines is 1. The Kier molecular flexibility index (Phi) is 5.71. The van der Waals surface area contributed by atoms with E-state index in [2.05, 4.69) is 10.3 Å². The molecule has 3 aromatic rings. The molecular weight excluding hydrogens is 368 g/mol. The first-order valence-corrected chi connectivity index (χ1v) is 9.20. The van der Waals surface area contributed by atoms with Crippen molar-refractivity contribution in [1.82, 2.24) is 4.98 Å². The van der Waals surface area contributed by atoms with Crippen molar-refractivity contribution in [2.45, 2.75) is 13.8 Å². The number of thiazole rings is 1. The van der Waals surface area contributed by atoms with Gasteiger partial charge in [-0.25, -0.2) is 4.98 Å². The number of benzene rings is 2. The molecular formula is C20H17ClN2O2S. The van der Waals surface area contributed by atoms with Crippen LogP contribution in [-0.2, 0) is 4.79 Å². The third-order valence-electron chi connectivity index (χ3n) is 3.49. The van der Waals surface area contributed by atoms with E-state index in [1.54, 1.807) is 24.3 Å². The summed E-state index contributed by atoms with van der Waals surface area (Å²) in [7, 11) is 0. The fourth-order valence-corrected chi connectivity index (χ4v) is 2.97. The molecule has 4 nitrogen and oxygen atoms in total. The molecule has 1 N–H and O–H groups in total. The lowest BCUT2D eigenvalue weighted by Gasteiger charge is -2.12. The molecule has 6 heteroatoms. The van der Waals surface area contributed by atoms with Gasteiger partial charge in [-0.05, 0) is 50.3 Å². The Morgan fingerprint density at radius 2 is 1.96 bits per heavy atom. The molecule has 0 aliphatic rings. The molecule has 0 unspecified atom stereocenters. The fourth-order valence-electron chi connectivity index (χ4n) is 2.21. The smallest absolute Gasteiger partial charge is 0.248 e. The molecule has 2 aromatic carbocycles. The summed E-state index contributed by atoms with van der Waals surface area (Å²) in [6.07, 6.45) is 3.11. The predicted molar refractivity (Wildman–Crippen MR) is 107 cm³/mol. The second-order valence-corrected chi connectivity index (χ2v) is 7.17. The normalized spacial score (nSPS) is 10.9. The summed E-state index contributed by atoms with van der Waals surface area (Å²) in [5.74, 6) is 0.915. The van der Waals surface area contributed by atoms with E-state index in [0.717, 1.165) is 16.3 Å². The van der Waals surface area contributed by atoms with Crippen molar-refractivity contribution < 1.29 is 9.53 Å². The average Bonchev–Trinajstić information content (AvgIpc) is 3.03. The summed E-state index contributed by atoms with van der Waals surface area (Å²) in [6, 6.07) is 12.8. The molecule has 0 saturated carbocycles. The van der Waals surface area contributed by atoms with E-state index >= 15 is 0 Å². The molecule has 0 aliphatic heterocycles. The Bertz CT molecular complexity index is 949. The number of halogens is 1. The van der Waals surface area contributed by atoms with Crippen molar-refractivity contribution in [3.05, 3.63) is 75.2 Å². The third-order valence-corrected chi connectivity index (χ3v) is 4.52. The van der Waals surface area contributed by atoms with Crippen molar-refractivity contribution in [1.29, 1.82) is 0 Å². The standard InChI is InChI=1S/C20H17ClN2O2S/c1-13-3-7-17(8-4-13)25-19-9-5-15(21)11-18(19)23-20(24)10-6-16-12-26-14(2)22-16/h3-12H,1-2H3,(H,23,24)/b10-6+. The van der Waals surface area contributed by atoms with Gasteiger partial charge in [-0.15, -0.1) is 11.3 Å². The molecule has 26 heavy (non-hydrogen) atoms. The summed E-state index contributed by atoms with van der Waals surface area (Å²) in [6.45, 7) is 3.93. The number of hydrogen-bond donors (Lipinski definition) is 1. The van der Waals surface area contributed by atoms with Crippen molar-refractivity contribution >= 4 is 40.6 Å². The van der Waals surface area contributed by atoms with Crippen LogP contribution in [0.1, 0.15) is 16.3 Å². The highest BCUT2D eigenvalue weighted by molar-refractivity contribution is 7.09. The maximum absolute atomic E-state index is 12.2. The number of hydrogen-bond acceptors (Lipinski definition) is 4. The summed E-state index contributed by atoms with van der Waals surface area (Å²) >= 11 is 7.60. The van der Waals surface area contributed by atoms with Gasteiger partial charge in [0.2, 0.25) is 5.91 Å². The minimum atomic E-state index is -0.285. The van der Waals surface area contributed by atoms with Crippen molar-refractivity contribution in [3.8, 4) is 11.5 Å². The monoisotopic (exact) mass is 384 g/mol. The van der Waals surface area contributed by atoms with E-state index in [4.69, 9.17) is 16.3 Å². The van der Waals surface area contributed by atoms with Gasteiger partial charge in [0, 0.05) is 16.5 Å². The van der Waals surface area contributed by atoms with Crippen LogP contribution in [-0.4, -0.2) is 10.9 Å². The van der Waals surface area contributed by atoms with Crippen molar-refractivity contribution in [2.24, 2.45) is 0 Å². The van der Waals surface area contributed by atoms with Crippen LogP contribution in [0.3, 0.4) is 0 Å². The summed E-state index contributed by atoms with van der Waals surface area (Å²) in [5, 5.41) is 6.16. The van der Waals surface area contributed by atoms with Crippen LogP contribution in [0.2, 0.25) is 5.02 Å². The van der Waals surface area contributed by atoms with Crippen LogP contribution in [0.25, 0.3) is 6.08 Å². The largest absolute Gasteiger partial charge is 0.455 e. The number of amides is 1. The van der Waals surface area contributed by atoms with Crippen LogP contribution < -0.4 is 10.1 Å². The van der Waals surface area contributed by atoms with E-state index in [1.165, 1.54) is 17.4 Å². The van der Waals surface area contributed by atoms with Crippen LogP contribution >= 0.6 is 22.9 Å². The average molecular weight is 385 g/mol. The molecule has 3 rings (SSSR count). The first-order valence-electron chi connectivity index (χ1n) is 7.95. The number of nitrogens with zero attached hydrogens (tertiary/aromatic N) is 1. The molecule has 0 aliphatic carbocycles. The van der Waals surface area contributed by atoms with Gasteiger partial charge in [0.1, 0.15) is 5.75 Å². The van der Waals surface area contributed by atoms with Gasteiger partial charge in [0.05, 0.1) is 16.4 Å². The summed E-state index contributed by atoms with van der Waals surface area (Å²) in [5.41, 5.74) is 2.40. The number of rotatable bonds is 5. The lowest BCUT2D eigenvalue weighted by Crippen LogP contribution is -2.08. The molecule has 1 amide bonds. The second kappa shape index (κ2) is 8.17. The van der Waals surface area contributed by atoms with Gasteiger partial charge in [-0.3, -0.25) is 4.79 Å². The molecule has 0 saturated heterocycles. The van der Waals surface area contributed by atoms with E-state index in [0.29, 0.717) is 22.2 Å².